The van der Waals surface area contributed by atoms with Crippen LogP contribution in [0.25, 0.3) is 0 Å². The summed E-state index contributed by atoms with van der Waals surface area (Å²) in [7, 11) is -3.60. The molecule has 21 heavy (non-hydrogen) atoms. The highest BCUT2D eigenvalue weighted by molar-refractivity contribution is 14.1. The van der Waals surface area contributed by atoms with E-state index in [1.54, 1.807) is 30.5 Å². The lowest BCUT2D eigenvalue weighted by molar-refractivity contribution is 0.601. The van der Waals surface area contributed by atoms with Crippen molar-refractivity contribution < 1.29 is 8.42 Å². The van der Waals surface area contributed by atoms with E-state index in [0.29, 0.717) is 11.7 Å². The first kappa shape index (κ1) is 16.2. The van der Waals surface area contributed by atoms with Crippen LogP contribution in [0.15, 0.2) is 47.5 Å². The molecular weight excluding hydrogens is 399 g/mol. The molecule has 6 heteroatoms. The first-order valence-electron chi connectivity index (χ1n) is 6.67. The van der Waals surface area contributed by atoms with Crippen LogP contribution in [0.1, 0.15) is 31.7 Å². The molecule has 1 aromatic heterocycles. The molecule has 0 amide bonds. The lowest BCUT2D eigenvalue weighted by atomic mass is 9.99. The van der Waals surface area contributed by atoms with Crippen molar-refractivity contribution in [3.05, 3.63) is 51.7 Å². The maximum atomic E-state index is 12.4. The van der Waals surface area contributed by atoms with Crippen molar-refractivity contribution in [1.82, 2.24) is 4.98 Å². The lowest BCUT2D eigenvalue weighted by Crippen LogP contribution is -2.14. The number of hydrogen-bond donors (Lipinski definition) is 1. The Morgan fingerprint density at radius 2 is 1.90 bits per heavy atom. The summed E-state index contributed by atoms with van der Waals surface area (Å²) in [6.07, 6.45) is 2.59. The third-order valence-electron chi connectivity index (χ3n) is 3.36. The van der Waals surface area contributed by atoms with Crippen LogP contribution < -0.4 is 4.72 Å². The first-order chi connectivity index (χ1) is 9.94. The predicted molar refractivity (Wildman–Crippen MR) is 92.9 cm³/mol. The van der Waals surface area contributed by atoms with Gasteiger partial charge in [0.25, 0.3) is 10.0 Å². The molecule has 1 unspecified atom stereocenters. The van der Waals surface area contributed by atoms with Crippen LogP contribution in [-0.2, 0) is 10.0 Å². The van der Waals surface area contributed by atoms with Crippen LogP contribution in [0.2, 0.25) is 0 Å². The zero-order valence-corrected chi connectivity index (χ0v) is 14.8. The molecule has 1 N–H and O–H groups in total. The molecule has 0 saturated heterocycles. The van der Waals surface area contributed by atoms with E-state index in [0.717, 1.165) is 15.6 Å². The van der Waals surface area contributed by atoms with E-state index in [2.05, 4.69) is 23.6 Å². The number of anilines is 1. The lowest BCUT2D eigenvalue weighted by Gasteiger charge is -2.11. The van der Waals surface area contributed by atoms with Gasteiger partial charge in [-0.15, -0.1) is 0 Å². The van der Waals surface area contributed by atoms with Crippen molar-refractivity contribution in [2.24, 2.45) is 0 Å². The SMILES string of the molecule is CCC(C)c1ccc(S(=O)(=O)Nc2ncccc2I)cc1. The zero-order valence-electron chi connectivity index (χ0n) is 11.9. The largest absolute Gasteiger partial charge is 0.263 e. The maximum Gasteiger partial charge on any atom is 0.263 e. The summed E-state index contributed by atoms with van der Waals surface area (Å²) in [6.45, 7) is 4.23. The maximum absolute atomic E-state index is 12.4. The van der Waals surface area contributed by atoms with E-state index in [-0.39, 0.29) is 4.90 Å². The van der Waals surface area contributed by atoms with E-state index in [4.69, 9.17) is 0 Å². The summed E-state index contributed by atoms with van der Waals surface area (Å²) >= 11 is 2.05. The number of sulfonamides is 1. The fourth-order valence-corrected chi connectivity index (χ4v) is 3.55. The molecule has 2 aromatic rings. The molecule has 0 aliphatic rings. The molecule has 0 radical (unpaired) electrons. The number of benzene rings is 1. The molecule has 1 atom stereocenters. The average molecular weight is 416 g/mol. The highest BCUT2D eigenvalue weighted by Gasteiger charge is 2.16. The second-order valence-corrected chi connectivity index (χ2v) is 7.66. The molecule has 0 fully saturated rings. The number of rotatable bonds is 5. The van der Waals surface area contributed by atoms with E-state index < -0.39 is 10.0 Å². The third kappa shape index (κ3) is 3.94. The standard InChI is InChI=1S/C15H17IN2O2S/c1-3-11(2)12-6-8-13(9-7-12)21(19,20)18-15-14(16)5-4-10-17-15/h4-11H,3H2,1-2H3,(H,17,18). The van der Waals surface area contributed by atoms with Crippen molar-refractivity contribution >= 4 is 38.4 Å². The summed E-state index contributed by atoms with van der Waals surface area (Å²) < 4.78 is 28.0. The van der Waals surface area contributed by atoms with Crippen LogP contribution in [-0.4, -0.2) is 13.4 Å². The topological polar surface area (TPSA) is 59.1 Å². The zero-order chi connectivity index (χ0) is 15.5. The Kier molecular flexibility index (Phi) is 5.21. The van der Waals surface area contributed by atoms with Crippen molar-refractivity contribution in [2.75, 3.05) is 4.72 Å². The average Bonchev–Trinajstić information content (AvgIpc) is 2.49. The highest BCUT2D eigenvalue weighted by Crippen LogP contribution is 2.22. The van der Waals surface area contributed by atoms with Gasteiger partial charge in [0.15, 0.2) is 5.82 Å². The molecule has 0 aliphatic carbocycles. The van der Waals surface area contributed by atoms with Gasteiger partial charge in [-0.2, -0.15) is 0 Å². The monoisotopic (exact) mass is 416 g/mol. The van der Waals surface area contributed by atoms with Gasteiger partial charge in [-0.25, -0.2) is 13.4 Å². The highest BCUT2D eigenvalue weighted by atomic mass is 127. The Bertz CT molecular complexity index is 715. The fourth-order valence-electron chi connectivity index (χ4n) is 1.86. The number of aromatic nitrogens is 1. The number of halogens is 1. The van der Waals surface area contributed by atoms with Crippen molar-refractivity contribution in [2.45, 2.75) is 31.1 Å². The summed E-state index contributed by atoms with van der Waals surface area (Å²) in [5.41, 5.74) is 1.14. The molecular formula is C15H17IN2O2S. The smallest absolute Gasteiger partial charge is 0.262 e. The Balaban J connectivity index is 2.26. The second-order valence-electron chi connectivity index (χ2n) is 4.82. The Morgan fingerprint density at radius 3 is 2.48 bits per heavy atom. The molecule has 0 saturated carbocycles. The van der Waals surface area contributed by atoms with Gasteiger partial charge in [0.2, 0.25) is 0 Å². The fraction of sp³-hybridized carbons (Fsp3) is 0.267. The van der Waals surface area contributed by atoms with E-state index >= 15 is 0 Å². The van der Waals surface area contributed by atoms with Crippen molar-refractivity contribution in [1.29, 1.82) is 0 Å². The van der Waals surface area contributed by atoms with Crippen LogP contribution in [0.3, 0.4) is 0 Å². The van der Waals surface area contributed by atoms with Crippen molar-refractivity contribution in [3.63, 3.8) is 0 Å². The summed E-state index contributed by atoms with van der Waals surface area (Å²) in [4.78, 5) is 4.30. The van der Waals surface area contributed by atoms with Crippen LogP contribution in [0.4, 0.5) is 5.82 Å². The molecule has 2 rings (SSSR count). The van der Waals surface area contributed by atoms with Crippen LogP contribution in [0.5, 0.6) is 0 Å². The minimum atomic E-state index is -3.60. The van der Waals surface area contributed by atoms with Crippen molar-refractivity contribution in [3.8, 4) is 0 Å². The van der Waals surface area contributed by atoms with Gasteiger partial charge >= 0.3 is 0 Å². The number of nitrogens with zero attached hydrogens (tertiary/aromatic N) is 1. The molecule has 1 aromatic carbocycles. The van der Waals surface area contributed by atoms with Gasteiger partial charge in [-0.05, 0) is 64.8 Å². The predicted octanol–water partition coefficient (Wildman–Crippen LogP) is 4.00. The van der Waals surface area contributed by atoms with Crippen LogP contribution in [0, 0.1) is 3.57 Å². The number of nitrogens with one attached hydrogen (secondary N) is 1. The number of hydrogen-bond acceptors (Lipinski definition) is 3. The summed E-state index contributed by atoms with van der Waals surface area (Å²) in [6, 6.07) is 10.6. The van der Waals surface area contributed by atoms with Crippen LogP contribution >= 0.6 is 22.6 Å². The van der Waals surface area contributed by atoms with Gasteiger partial charge in [0.1, 0.15) is 0 Å². The van der Waals surface area contributed by atoms with Gasteiger partial charge in [-0.1, -0.05) is 26.0 Å². The van der Waals surface area contributed by atoms with Gasteiger partial charge in [-0.3, -0.25) is 4.72 Å². The quantitative estimate of drug-likeness (QED) is 0.750. The normalized spacial score (nSPS) is 12.9. The number of pyridine rings is 1. The molecule has 0 spiro atoms. The van der Waals surface area contributed by atoms with E-state index in [9.17, 15) is 8.42 Å². The first-order valence-corrected chi connectivity index (χ1v) is 9.23. The van der Waals surface area contributed by atoms with Gasteiger partial charge < -0.3 is 0 Å². The van der Waals surface area contributed by atoms with E-state index in [1.165, 1.54) is 0 Å². The molecule has 4 nitrogen and oxygen atoms in total. The summed E-state index contributed by atoms with van der Waals surface area (Å²) in [5.74, 6) is 0.774. The Labute approximate surface area is 139 Å². The molecule has 112 valence electrons. The second kappa shape index (κ2) is 6.74. The minimum Gasteiger partial charge on any atom is -0.262 e. The Morgan fingerprint density at radius 1 is 1.24 bits per heavy atom. The van der Waals surface area contributed by atoms with Gasteiger partial charge in [0, 0.05) is 6.20 Å². The van der Waals surface area contributed by atoms with E-state index in [1.807, 2.05) is 34.7 Å². The van der Waals surface area contributed by atoms with Gasteiger partial charge in [0.05, 0.1) is 8.47 Å². The molecule has 0 bridgehead atoms. The third-order valence-corrected chi connectivity index (χ3v) is 5.59. The molecule has 0 aliphatic heterocycles. The Hall–Kier alpha value is -1.15. The summed E-state index contributed by atoms with van der Waals surface area (Å²) in [5, 5.41) is 0. The molecule has 1 heterocycles. The minimum absolute atomic E-state index is 0.246.